The van der Waals surface area contributed by atoms with Gasteiger partial charge in [-0.15, -0.1) is 0 Å². The molecule has 0 amide bonds. The van der Waals surface area contributed by atoms with E-state index in [1.165, 1.54) is 7.11 Å². The van der Waals surface area contributed by atoms with Crippen molar-refractivity contribution in [3.8, 4) is 0 Å². The van der Waals surface area contributed by atoms with Crippen LogP contribution in [0.5, 0.6) is 0 Å². The third-order valence-corrected chi connectivity index (χ3v) is 4.18. The average molecular weight is 316 g/mol. The quantitative estimate of drug-likeness (QED) is 0.536. The first kappa shape index (κ1) is 14.5. The highest BCUT2D eigenvalue weighted by molar-refractivity contribution is 6.03. The standard InChI is InChI=1S/C20H16N2O2/c1-24-20(23)17-7-4-6-15-11-12-22(19(15)17)13-16-10-9-14-5-2-3-8-18(14)21-16/h2-12H,13H2,1H3. The minimum Gasteiger partial charge on any atom is -0.465 e. The molecular weight excluding hydrogens is 300 g/mol. The molecule has 0 saturated heterocycles. The Kier molecular flexibility index (Phi) is 3.50. The molecule has 0 fully saturated rings. The molecule has 0 radical (unpaired) electrons. The van der Waals surface area contributed by atoms with Crippen LogP contribution in [0.3, 0.4) is 0 Å². The van der Waals surface area contributed by atoms with Crippen molar-refractivity contribution < 1.29 is 9.53 Å². The molecular formula is C20H16N2O2. The fraction of sp³-hybridized carbons (Fsp3) is 0.100. The molecule has 0 bridgehead atoms. The zero-order chi connectivity index (χ0) is 16.5. The van der Waals surface area contributed by atoms with Gasteiger partial charge in [-0.1, -0.05) is 36.4 Å². The van der Waals surface area contributed by atoms with E-state index < -0.39 is 0 Å². The van der Waals surface area contributed by atoms with Crippen molar-refractivity contribution in [3.05, 3.63) is 78.1 Å². The summed E-state index contributed by atoms with van der Waals surface area (Å²) in [4.78, 5) is 16.8. The zero-order valence-corrected chi connectivity index (χ0v) is 13.3. The maximum absolute atomic E-state index is 12.1. The minimum atomic E-state index is -0.327. The molecule has 0 atom stereocenters. The lowest BCUT2D eigenvalue weighted by Gasteiger charge is -2.09. The Bertz CT molecular complexity index is 1050. The first-order valence-corrected chi connectivity index (χ1v) is 7.77. The first-order valence-electron chi connectivity index (χ1n) is 7.77. The van der Waals surface area contributed by atoms with Gasteiger partial charge in [0.2, 0.25) is 0 Å². The van der Waals surface area contributed by atoms with E-state index in [9.17, 15) is 4.79 Å². The second-order valence-electron chi connectivity index (χ2n) is 5.67. The van der Waals surface area contributed by atoms with Gasteiger partial charge in [0.15, 0.2) is 0 Å². The molecule has 4 heteroatoms. The van der Waals surface area contributed by atoms with Gasteiger partial charge < -0.3 is 9.30 Å². The van der Waals surface area contributed by atoms with Gasteiger partial charge in [0, 0.05) is 17.0 Å². The van der Waals surface area contributed by atoms with E-state index >= 15 is 0 Å². The van der Waals surface area contributed by atoms with Gasteiger partial charge in [-0.05, 0) is 24.3 Å². The van der Waals surface area contributed by atoms with Crippen LogP contribution in [0.25, 0.3) is 21.8 Å². The molecule has 24 heavy (non-hydrogen) atoms. The number of carbonyl (C=O) groups is 1. The number of para-hydroxylation sites is 2. The number of hydrogen-bond donors (Lipinski definition) is 0. The van der Waals surface area contributed by atoms with Gasteiger partial charge in [-0.25, -0.2) is 4.79 Å². The number of aromatic nitrogens is 2. The second-order valence-corrected chi connectivity index (χ2v) is 5.67. The van der Waals surface area contributed by atoms with E-state index in [1.54, 1.807) is 6.07 Å². The lowest BCUT2D eigenvalue weighted by atomic mass is 10.1. The third-order valence-electron chi connectivity index (χ3n) is 4.18. The third kappa shape index (κ3) is 2.42. The van der Waals surface area contributed by atoms with Crippen molar-refractivity contribution in [1.82, 2.24) is 9.55 Å². The normalized spacial score (nSPS) is 11.0. The van der Waals surface area contributed by atoms with E-state index in [0.29, 0.717) is 12.1 Å². The van der Waals surface area contributed by atoms with Crippen molar-refractivity contribution in [2.45, 2.75) is 6.54 Å². The van der Waals surface area contributed by atoms with Crippen molar-refractivity contribution in [2.75, 3.05) is 7.11 Å². The number of ether oxygens (including phenoxy) is 1. The number of rotatable bonds is 3. The molecule has 0 saturated carbocycles. The summed E-state index contributed by atoms with van der Waals surface area (Å²) in [7, 11) is 1.40. The summed E-state index contributed by atoms with van der Waals surface area (Å²) < 4.78 is 6.95. The molecule has 0 unspecified atom stereocenters. The molecule has 2 aromatic carbocycles. The van der Waals surface area contributed by atoms with Crippen LogP contribution in [0.4, 0.5) is 0 Å². The number of methoxy groups -OCH3 is 1. The van der Waals surface area contributed by atoms with E-state index in [2.05, 4.69) is 6.07 Å². The van der Waals surface area contributed by atoms with Crippen LogP contribution < -0.4 is 0 Å². The molecule has 0 aliphatic rings. The highest BCUT2D eigenvalue weighted by Gasteiger charge is 2.14. The maximum Gasteiger partial charge on any atom is 0.340 e. The van der Waals surface area contributed by atoms with Crippen LogP contribution in [0, 0.1) is 0 Å². The van der Waals surface area contributed by atoms with Gasteiger partial charge in [-0.3, -0.25) is 4.98 Å². The van der Waals surface area contributed by atoms with Crippen LogP contribution in [0.2, 0.25) is 0 Å². The van der Waals surface area contributed by atoms with Gasteiger partial charge in [-0.2, -0.15) is 0 Å². The number of benzene rings is 2. The van der Waals surface area contributed by atoms with Crippen molar-refractivity contribution in [3.63, 3.8) is 0 Å². The van der Waals surface area contributed by atoms with Crippen LogP contribution >= 0.6 is 0 Å². The number of carbonyl (C=O) groups excluding carboxylic acids is 1. The molecule has 2 aromatic heterocycles. The smallest absolute Gasteiger partial charge is 0.340 e. The SMILES string of the molecule is COC(=O)c1cccc2ccn(Cc3ccc4ccccc4n3)c12. The summed E-state index contributed by atoms with van der Waals surface area (Å²) in [6, 6.07) is 19.8. The Hall–Kier alpha value is -3.14. The zero-order valence-electron chi connectivity index (χ0n) is 13.3. The minimum absolute atomic E-state index is 0.327. The highest BCUT2D eigenvalue weighted by Crippen LogP contribution is 2.22. The Morgan fingerprint density at radius 3 is 2.71 bits per heavy atom. The summed E-state index contributed by atoms with van der Waals surface area (Å²) >= 11 is 0. The van der Waals surface area contributed by atoms with E-state index in [0.717, 1.165) is 27.5 Å². The molecule has 4 rings (SSSR count). The highest BCUT2D eigenvalue weighted by atomic mass is 16.5. The number of nitrogens with zero attached hydrogens (tertiary/aromatic N) is 2. The predicted octanol–water partition coefficient (Wildman–Crippen LogP) is 4.02. The maximum atomic E-state index is 12.1. The Morgan fingerprint density at radius 1 is 1.00 bits per heavy atom. The van der Waals surface area contributed by atoms with Crippen molar-refractivity contribution in [1.29, 1.82) is 0 Å². The van der Waals surface area contributed by atoms with Crippen molar-refractivity contribution in [2.24, 2.45) is 0 Å². The average Bonchev–Trinajstić information content (AvgIpc) is 3.04. The van der Waals surface area contributed by atoms with Gasteiger partial charge in [0.1, 0.15) is 0 Å². The number of hydrogen-bond acceptors (Lipinski definition) is 3. The molecule has 2 heterocycles. The van der Waals surface area contributed by atoms with E-state index in [-0.39, 0.29) is 5.97 Å². The molecule has 0 N–H and O–H groups in total. The Morgan fingerprint density at radius 2 is 1.83 bits per heavy atom. The summed E-state index contributed by atoms with van der Waals surface area (Å²) in [6.07, 6.45) is 1.98. The lowest BCUT2D eigenvalue weighted by Crippen LogP contribution is -2.07. The van der Waals surface area contributed by atoms with Crippen LogP contribution in [-0.2, 0) is 11.3 Å². The Labute approximate surface area is 139 Å². The molecule has 0 aliphatic heterocycles. The summed E-state index contributed by atoms with van der Waals surface area (Å²) in [5.74, 6) is -0.327. The summed E-state index contributed by atoms with van der Waals surface area (Å²) in [6.45, 7) is 0.600. The largest absolute Gasteiger partial charge is 0.465 e. The first-order chi connectivity index (χ1) is 11.8. The van der Waals surface area contributed by atoms with E-state index in [4.69, 9.17) is 9.72 Å². The lowest BCUT2D eigenvalue weighted by molar-refractivity contribution is 0.0602. The van der Waals surface area contributed by atoms with E-state index in [1.807, 2.05) is 59.3 Å². The topological polar surface area (TPSA) is 44.1 Å². The number of esters is 1. The summed E-state index contributed by atoms with van der Waals surface area (Å²) in [5, 5.41) is 2.13. The fourth-order valence-corrected chi connectivity index (χ4v) is 3.04. The summed E-state index contributed by atoms with van der Waals surface area (Å²) in [5.41, 5.74) is 3.37. The van der Waals surface area contributed by atoms with Gasteiger partial charge >= 0.3 is 5.97 Å². The molecule has 0 aliphatic carbocycles. The monoisotopic (exact) mass is 316 g/mol. The molecule has 4 aromatic rings. The number of fused-ring (bicyclic) bond motifs is 2. The molecule has 118 valence electrons. The van der Waals surface area contributed by atoms with Crippen molar-refractivity contribution >= 4 is 27.8 Å². The van der Waals surface area contributed by atoms with Crippen LogP contribution in [-0.4, -0.2) is 22.6 Å². The van der Waals surface area contributed by atoms with Gasteiger partial charge in [0.25, 0.3) is 0 Å². The fourth-order valence-electron chi connectivity index (χ4n) is 3.04. The van der Waals surface area contributed by atoms with Gasteiger partial charge in [0.05, 0.1) is 35.9 Å². The molecule has 4 nitrogen and oxygen atoms in total. The molecule has 0 spiro atoms. The van der Waals surface area contributed by atoms with Crippen LogP contribution in [0.15, 0.2) is 66.9 Å². The van der Waals surface area contributed by atoms with Crippen LogP contribution in [0.1, 0.15) is 16.1 Å². The second kappa shape index (κ2) is 5.81. The predicted molar refractivity (Wildman–Crippen MR) is 94.1 cm³/mol. The number of pyridine rings is 1. The Balaban J connectivity index is 1.80.